The second-order valence-electron chi connectivity index (χ2n) is 10.1. The van der Waals surface area contributed by atoms with Gasteiger partial charge in [-0.25, -0.2) is 4.79 Å². The molecule has 31 heavy (non-hydrogen) atoms. The summed E-state index contributed by atoms with van der Waals surface area (Å²) >= 11 is 0. The third-order valence-corrected chi connectivity index (χ3v) is 5.49. The van der Waals surface area contributed by atoms with Crippen LogP contribution in [-0.4, -0.2) is 52.1 Å². The van der Waals surface area contributed by atoms with Crippen LogP contribution in [0, 0.1) is 24.2 Å². The van der Waals surface area contributed by atoms with E-state index in [1.165, 1.54) is 6.42 Å². The van der Waals surface area contributed by atoms with E-state index in [4.69, 9.17) is 11.2 Å². The molecule has 1 fully saturated rings. The fraction of sp³-hybridized carbons (Fsp3) is 0.833. The number of carbonyl (C=O) groups excluding carboxylic acids is 2. The lowest BCUT2D eigenvalue weighted by atomic mass is 9.82. The number of alkyl carbamates (subject to hydrolysis) is 1. The van der Waals surface area contributed by atoms with Gasteiger partial charge in [0.25, 0.3) is 0 Å². The van der Waals surface area contributed by atoms with Crippen molar-refractivity contribution in [2.24, 2.45) is 11.8 Å². The van der Waals surface area contributed by atoms with Crippen molar-refractivity contribution in [3.63, 3.8) is 0 Å². The van der Waals surface area contributed by atoms with Gasteiger partial charge in [0.1, 0.15) is 17.7 Å². The van der Waals surface area contributed by atoms with Crippen LogP contribution in [0.5, 0.6) is 0 Å². The summed E-state index contributed by atoms with van der Waals surface area (Å²) in [5, 5.41) is 26.7. The second-order valence-corrected chi connectivity index (χ2v) is 10.1. The van der Waals surface area contributed by atoms with Crippen LogP contribution in [0.15, 0.2) is 0 Å². The molecule has 0 aliphatic heterocycles. The molecule has 0 bridgehead atoms. The van der Waals surface area contributed by atoms with Crippen molar-refractivity contribution in [2.75, 3.05) is 0 Å². The summed E-state index contributed by atoms with van der Waals surface area (Å²) in [6.07, 6.45) is 9.20. The average molecular weight is 439 g/mol. The van der Waals surface area contributed by atoms with E-state index in [2.05, 4.69) is 16.6 Å². The fourth-order valence-electron chi connectivity index (χ4n) is 4.02. The molecule has 0 aromatic rings. The molecule has 0 spiro atoms. The Morgan fingerprint density at radius 1 is 1.13 bits per heavy atom. The summed E-state index contributed by atoms with van der Waals surface area (Å²) in [7, 11) is 0. The van der Waals surface area contributed by atoms with E-state index in [9.17, 15) is 19.8 Å². The molecule has 0 aromatic heterocycles. The molecule has 4 N–H and O–H groups in total. The number of terminal acetylenes is 1. The van der Waals surface area contributed by atoms with Crippen LogP contribution in [0.4, 0.5) is 4.79 Å². The van der Waals surface area contributed by atoms with Crippen molar-refractivity contribution >= 4 is 12.0 Å². The van der Waals surface area contributed by atoms with Crippen LogP contribution >= 0.6 is 0 Å². The number of rotatable bonds is 10. The van der Waals surface area contributed by atoms with E-state index in [1.807, 2.05) is 13.8 Å². The highest BCUT2D eigenvalue weighted by molar-refractivity contribution is 5.86. The van der Waals surface area contributed by atoms with Crippen LogP contribution in [0.1, 0.15) is 86.0 Å². The lowest BCUT2D eigenvalue weighted by Gasteiger charge is -2.33. The van der Waals surface area contributed by atoms with Gasteiger partial charge in [0, 0.05) is 6.42 Å². The Morgan fingerprint density at radius 2 is 1.74 bits per heavy atom. The maximum atomic E-state index is 13.0. The maximum absolute atomic E-state index is 13.0. The van der Waals surface area contributed by atoms with Crippen molar-refractivity contribution < 1.29 is 24.5 Å². The van der Waals surface area contributed by atoms with Gasteiger partial charge in [-0.05, 0) is 45.4 Å². The van der Waals surface area contributed by atoms with Gasteiger partial charge in [-0.2, -0.15) is 0 Å². The van der Waals surface area contributed by atoms with E-state index < -0.39 is 41.9 Å². The number of hydrogen-bond donors (Lipinski definition) is 4. The number of amides is 2. The molecular formula is C24H42N2O5. The molecule has 0 saturated heterocycles. The SMILES string of the molecule is C#CCC(NC(=O)OC(C)(C)C)C(=O)N[C@H](CC1CCCCC1)[C@@H](O)[C@@H](O)CC(C)C. The first kappa shape index (κ1) is 27.3. The zero-order valence-electron chi connectivity index (χ0n) is 19.8. The molecule has 7 heteroatoms. The Balaban J connectivity index is 2.90. The minimum Gasteiger partial charge on any atom is -0.444 e. The minimum absolute atomic E-state index is 0.00807. The largest absolute Gasteiger partial charge is 0.444 e. The first-order chi connectivity index (χ1) is 14.4. The smallest absolute Gasteiger partial charge is 0.408 e. The van der Waals surface area contributed by atoms with E-state index in [0.29, 0.717) is 18.8 Å². The van der Waals surface area contributed by atoms with Gasteiger partial charge in [0.15, 0.2) is 0 Å². The third-order valence-electron chi connectivity index (χ3n) is 5.49. The molecule has 178 valence electrons. The van der Waals surface area contributed by atoms with Gasteiger partial charge in [-0.3, -0.25) is 4.79 Å². The fourth-order valence-corrected chi connectivity index (χ4v) is 4.02. The molecule has 1 aliphatic rings. The predicted molar refractivity (Wildman–Crippen MR) is 121 cm³/mol. The highest BCUT2D eigenvalue weighted by atomic mass is 16.6. The summed E-state index contributed by atoms with van der Waals surface area (Å²) < 4.78 is 5.23. The quantitative estimate of drug-likeness (QED) is 0.392. The summed E-state index contributed by atoms with van der Waals surface area (Å²) in [4.78, 5) is 25.1. The first-order valence-corrected chi connectivity index (χ1v) is 11.5. The number of hydrogen-bond acceptors (Lipinski definition) is 5. The number of aliphatic hydroxyl groups is 2. The van der Waals surface area contributed by atoms with Crippen LogP contribution < -0.4 is 10.6 Å². The van der Waals surface area contributed by atoms with Gasteiger partial charge < -0.3 is 25.6 Å². The highest BCUT2D eigenvalue weighted by Gasteiger charge is 2.33. The number of ether oxygens (including phenoxy) is 1. The Hall–Kier alpha value is -1.78. The van der Waals surface area contributed by atoms with E-state index in [-0.39, 0.29) is 12.3 Å². The van der Waals surface area contributed by atoms with Crippen molar-refractivity contribution in [2.45, 2.75) is 116 Å². The molecule has 7 nitrogen and oxygen atoms in total. The van der Waals surface area contributed by atoms with Crippen LogP contribution in [0.3, 0.4) is 0 Å². The third kappa shape index (κ3) is 10.9. The molecule has 0 aromatic carbocycles. The van der Waals surface area contributed by atoms with Gasteiger partial charge in [-0.1, -0.05) is 46.0 Å². The van der Waals surface area contributed by atoms with Crippen molar-refractivity contribution in [1.29, 1.82) is 0 Å². The lowest BCUT2D eigenvalue weighted by molar-refractivity contribution is -0.125. The van der Waals surface area contributed by atoms with Gasteiger partial charge >= 0.3 is 6.09 Å². The molecule has 1 aliphatic carbocycles. The Labute approximate surface area is 187 Å². The first-order valence-electron chi connectivity index (χ1n) is 11.5. The normalized spacial score (nSPS) is 19.1. The molecule has 2 amide bonds. The summed E-state index contributed by atoms with van der Waals surface area (Å²) in [6.45, 7) is 9.14. The molecule has 1 unspecified atom stereocenters. The number of aliphatic hydroxyl groups excluding tert-OH is 2. The molecular weight excluding hydrogens is 396 g/mol. The molecule has 1 rings (SSSR count). The van der Waals surface area contributed by atoms with Crippen molar-refractivity contribution in [1.82, 2.24) is 10.6 Å². The van der Waals surface area contributed by atoms with E-state index in [0.717, 1.165) is 25.7 Å². The van der Waals surface area contributed by atoms with Crippen LogP contribution in [0.25, 0.3) is 0 Å². The van der Waals surface area contributed by atoms with E-state index in [1.54, 1.807) is 20.8 Å². The van der Waals surface area contributed by atoms with Gasteiger partial charge in [0.05, 0.1) is 12.1 Å². The number of carbonyl (C=O) groups is 2. The molecule has 4 atom stereocenters. The zero-order chi connectivity index (χ0) is 23.6. The van der Waals surface area contributed by atoms with Crippen LogP contribution in [0.2, 0.25) is 0 Å². The monoisotopic (exact) mass is 438 g/mol. The topological polar surface area (TPSA) is 108 Å². The van der Waals surface area contributed by atoms with E-state index >= 15 is 0 Å². The molecule has 1 saturated carbocycles. The predicted octanol–water partition coefficient (Wildman–Crippen LogP) is 3.13. The standard InChI is InChI=1S/C24H42N2O5/c1-7-11-18(26-23(30)31-24(4,5)6)22(29)25-19(15-17-12-9-8-10-13-17)21(28)20(27)14-16(2)3/h1,16-21,27-28H,8-15H2,2-6H3,(H,25,29)(H,26,30)/t18?,19-,20+,21-/m1/s1. The van der Waals surface area contributed by atoms with Gasteiger partial charge in [-0.15, -0.1) is 12.3 Å². The lowest BCUT2D eigenvalue weighted by Crippen LogP contribution is -2.55. The average Bonchev–Trinajstić information content (AvgIpc) is 2.65. The Kier molecular flexibility index (Phi) is 11.4. The maximum Gasteiger partial charge on any atom is 0.408 e. The Morgan fingerprint density at radius 3 is 2.26 bits per heavy atom. The summed E-state index contributed by atoms with van der Waals surface area (Å²) in [5.41, 5.74) is -0.706. The minimum atomic E-state index is -1.10. The van der Waals surface area contributed by atoms with Crippen molar-refractivity contribution in [3.8, 4) is 12.3 Å². The summed E-state index contributed by atoms with van der Waals surface area (Å²) in [5.74, 6) is 2.51. The molecule has 0 heterocycles. The zero-order valence-corrected chi connectivity index (χ0v) is 19.8. The number of nitrogens with one attached hydrogen (secondary N) is 2. The molecule has 0 radical (unpaired) electrons. The van der Waals surface area contributed by atoms with Gasteiger partial charge in [0.2, 0.25) is 5.91 Å². The van der Waals surface area contributed by atoms with Crippen LogP contribution in [-0.2, 0) is 9.53 Å². The second kappa shape index (κ2) is 12.9. The Bertz CT molecular complexity index is 602. The summed E-state index contributed by atoms with van der Waals surface area (Å²) in [6, 6.07) is -1.60. The van der Waals surface area contributed by atoms with Crippen molar-refractivity contribution in [3.05, 3.63) is 0 Å². The highest BCUT2D eigenvalue weighted by Crippen LogP contribution is 2.29.